The van der Waals surface area contributed by atoms with Gasteiger partial charge in [0, 0.05) is 11.1 Å². The number of aliphatic carboxylic acids is 1. The van der Waals surface area contributed by atoms with Crippen molar-refractivity contribution in [1.29, 1.82) is 0 Å². The number of aromatic nitrogens is 1. The van der Waals surface area contributed by atoms with E-state index in [1.54, 1.807) is 19.1 Å². The molecule has 0 bridgehead atoms. The number of fused-ring (bicyclic) bond motifs is 1. The molecule has 3 rings (SSSR count). The van der Waals surface area contributed by atoms with Crippen LogP contribution in [0.25, 0.3) is 11.1 Å². The molecule has 0 aliphatic carbocycles. The Balaban J connectivity index is 2.09. The van der Waals surface area contributed by atoms with E-state index in [0.29, 0.717) is 33.5 Å². The Labute approximate surface area is 125 Å². The number of benzene rings is 1. The molecule has 0 saturated carbocycles. The number of nitrogens with one attached hydrogen (secondary N) is 1. The topological polar surface area (TPSA) is 84.6 Å². The van der Waals surface area contributed by atoms with Gasteiger partial charge in [-0.3, -0.25) is 0 Å². The minimum Gasteiger partial charge on any atom is -0.478 e. The molecule has 1 atom stereocenters. The van der Waals surface area contributed by atoms with Gasteiger partial charge in [0.2, 0.25) is 6.10 Å². The Hall–Kier alpha value is -2.21. The monoisotopic (exact) mass is 308 g/mol. The van der Waals surface area contributed by atoms with E-state index in [1.807, 2.05) is 6.92 Å². The van der Waals surface area contributed by atoms with Crippen molar-refractivity contribution in [2.24, 2.45) is 0 Å². The van der Waals surface area contributed by atoms with Gasteiger partial charge in [-0.2, -0.15) is 0 Å². The molecule has 1 aliphatic heterocycles. The molecule has 2 aromatic rings. The summed E-state index contributed by atoms with van der Waals surface area (Å²) in [6.45, 7) is 3.81. The Morgan fingerprint density at radius 1 is 1.48 bits per heavy atom. The SMILES string of the molecule is Cc1noc(C)c1-c1cc2c(cc1Cl)NCC(C(=O)O)O2. The molecule has 0 spiro atoms. The zero-order chi connectivity index (χ0) is 15.1. The molecule has 2 N–H and O–H groups in total. The zero-order valence-corrected chi connectivity index (χ0v) is 12.2. The van der Waals surface area contributed by atoms with Crippen LogP contribution in [-0.4, -0.2) is 28.9 Å². The summed E-state index contributed by atoms with van der Waals surface area (Å²) in [7, 11) is 0. The fourth-order valence-corrected chi connectivity index (χ4v) is 2.64. The van der Waals surface area contributed by atoms with Crippen LogP contribution in [0.3, 0.4) is 0 Å². The fraction of sp³-hybridized carbons (Fsp3) is 0.286. The van der Waals surface area contributed by atoms with Crippen molar-refractivity contribution >= 4 is 23.3 Å². The van der Waals surface area contributed by atoms with Gasteiger partial charge in [-0.25, -0.2) is 4.79 Å². The highest BCUT2D eigenvalue weighted by Gasteiger charge is 2.27. The molecule has 0 radical (unpaired) electrons. The fourth-order valence-electron chi connectivity index (χ4n) is 2.38. The number of ether oxygens (including phenoxy) is 1. The number of carboxylic acid groups (broad SMARTS) is 1. The van der Waals surface area contributed by atoms with Gasteiger partial charge in [0.05, 0.1) is 22.9 Å². The summed E-state index contributed by atoms with van der Waals surface area (Å²) in [6.07, 6.45) is -0.920. The molecule has 110 valence electrons. The molecule has 2 heterocycles. The molecule has 1 aromatic carbocycles. The van der Waals surface area contributed by atoms with E-state index in [4.69, 9.17) is 26.0 Å². The molecule has 7 heteroatoms. The average Bonchev–Trinajstić information content (AvgIpc) is 2.77. The second kappa shape index (κ2) is 4.96. The Kier molecular flexibility index (Phi) is 3.25. The van der Waals surface area contributed by atoms with Crippen LogP contribution in [0.5, 0.6) is 5.75 Å². The summed E-state index contributed by atoms with van der Waals surface area (Å²) in [5.41, 5.74) is 2.89. The van der Waals surface area contributed by atoms with Crippen molar-refractivity contribution in [1.82, 2.24) is 5.16 Å². The number of carbonyl (C=O) groups is 1. The van der Waals surface area contributed by atoms with Gasteiger partial charge >= 0.3 is 5.97 Å². The van der Waals surface area contributed by atoms with Crippen LogP contribution >= 0.6 is 11.6 Å². The Morgan fingerprint density at radius 3 is 2.86 bits per heavy atom. The lowest BCUT2D eigenvalue weighted by molar-refractivity contribution is -0.144. The van der Waals surface area contributed by atoms with Crippen LogP contribution in [-0.2, 0) is 4.79 Å². The van der Waals surface area contributed by atoms with Gasteiger partial charge < -0.3 is 19.7 Å². The van der Waals surface area contributed by atoms with Crippen molar-refractivity contribution in [3.63, 3.8) is 0 Å². The molecule has 1 aromatic heterocycles. The molecule has 0 saturated heterocycles. The first-order chi connectivity index (χ1) is 9.97. The number of aryl methyl sites for hydroxylation is 2. The number of anilines is 1. The van der Waals surface area contributed by atoms with Crippen LogP contribution in [0.2, 0.25) is 5.02 Å². The van der Waals surface area contributed by atoms with Gasteiger partial charge in [-0.1, -0.05) is 16.8 Å². The molecule has 21 heavy (non-hydrogen) atoms. The number of nitrogens with zero attached hydrogens (tertiary/aromatic N) is 1. The quantitative estimate of drug-likeness (QED) is 0.887. The van der Waals surface area contributed by atoms with E-state index < -0.39 is 12.1 Å². The number of rotatable bonds is 2. The van der Waals surface area contributed by atoms with Crippen molar-refractivity contribution in [3.8, 4) is 16.9 Å². The number of carboxylic acids is 1. The highest BCUT2D eigenvalue weighted by atomic mass is 35.5. The summed E-state index contributed by atoms with van der Waals surface area (Å²) in [4.78, 5) is 11.0. The van der Waals surface area contributed by atoms with Crippen molar-refractivity contribution in [2.75, 3.05) is 11.9 Å². The molecule has 1 unspecified atom stereocenters. The van der Waals surface area contributed by atoms with E-state index in [0.717, 1.165) is 5.56 Å². The zero-order valence-electron chi connectivity index (χ0n) is 11.4. The minimum atomic E-state index is -1.01. The molecule has 0 amide bonds. The summed E-state index contributed by atoms with van der Waals surface area (Å²) in [5.74, 6) is 0.0861. The van der Waals surface area contributed by atoms with Gasteiger partial charge in [-0.05, 0) is 26.0 Å². The highest BCUT2D eigenvalue weighted by molar-refractivity contribution is 6.33. The van der Waals surface area contributed by atoms with E-state index in [-0.39, 0.29) is 6.54 Å². The summed E-state index contributed by atoms with van der Waals surface area (Å²) < 4.78 is 10.6. The van der Waals surface area contributed by atoms with E-state index in [9.17, 15) is 4.79 Å². The maximum absolute atomic E-state index is 11.0. The van der Waals surface area contributed by atoms with Crippen molar-refractivity contribution in [2.45, 2.75) is 20.0 Å². The third-order valence-corrected chi connectivity index (χ3v) is 3.71. The number of halogens is 1. The molecular weight excluding hydrogens is 296 g/mol. The third-order valence-electron chi connectivity index (χ3n) is 3.39. The first-order valence-electron chi connectivity index (χ1n) is 6.37. The van der Waals surface area contributed by atoms with Crippen molar-refractivity contribution < 1.29 is 19.2 Å². The van der Waals surface area contributed by atoms with Crippen LogP contribution in [0.1, 0.15) is 11.5 Å². The number of hydrogen-bond acceptors (Lipinski definition) is 5. The van der Waals surface area contributed by atoms with Gasteiger partial charge in [0.1, 0.15) is 11.5 Å². The van der Waals surface area contributed by atoms with Crippen molar-refractivity contribution in [3.05, 3.63) is 28.6 Å². The molecule has 0 fully saturated rings. The molecule has 1 aliphatic rings. The maximum Gasteiger partial charge on any atom is 0.346 e. The van der Waals surface area contributed by atoms with Crippen LogP contribution < -0.4 is 10.1 Å². The average molecular weight is 309 g/mol. The smallest absolute Gasteiger partial charge is 0.346 e. The first kappa shape index (κ1) is 13.8. The highest BCUT2D eigenvalue weighted by Crippen LogP contribution is 2.41. The van der Waals surface area contributed by atoms with Crippen LogP contribution in [0.4, 0.5) is 5.69 Å². The normalized spacial score (nSPS) is 16.8. The second-order valence-corrected chi connectivity index (χ2v) is 5.26. The predicted octanol–water partition coefficient (Wildman–Crippen LogP) is 2.87. The Bertz CT molecular complexity index is 707. The first-order valence-corrected chi connectivity index (χ1v) is 6.75. The summed E-state index contributed by atoms with van der Waals surface area (Å²) >= 11 is 6.31. The molecular formula is C14H13ClN2O4. The Morgan fingerprint density at radius 2 is 2.24 bits per heavy atom. The summed E-state index contributed by atoms with van der Waals surface area (Å²) in [6, 6.07) is 3.43. The maximum atomic E-state index is 11.0. The van der Waals surface area contributed by atoms with Crippen LogP contribution in [0.15, 0.2) is 16.7 Å². The lowest BCUT2D eigenvalue weighted by atomic mass is 10.0. The minimum absolute atomic E-state index is 0.198. The lowest BCUT2D eigenvalue weighted by Gasteiger charge is -2.25. The van der Waals surface area contributed by atoms with E-state index in [1.165, 1.54) is 0 Å². The second-order valence-electron chi connectivity index (χ2n) is 4.85. The van der Waals surface area contributed by atoms with Gasteiger partial charge in [-0.15, -0.1) is 0 Å². The van der Waals surface area contributed by atoms with Gasteiger partial charge in [0.25, 0.3) is 0 Å². The number of hydrogen-bond donors (Lipinski definition) is 2. The van der Waals surface area contributed by atoms with Crippen LogP contribution in [0, 0.1) is 13.8 Å². The third kappa shape index (κ3) is 2.31. The largest absolute Gasteiger partial charge is 0.478 e. The lowest BCUT2D eigenvalue weighted by Crippen LogP contribution is -2.37. The van der Waals surface area contributed by atoms with Gasteiger partial charge in [0.15, 0.2) is 0 Å². The standard InChI is InChI=1S/C14H13ClN2O4/c1-6-13(7(2)21-17-6)8-3-11-10(4-9(8)15)16-5-12(20-11)14(18)19/h3-4,12,16H,5H2,1-2H3,(H,18,19). The predicted molar refractivity (Wildman–Crippen MR) is 77.0 cm³/mol. The van der Waals surface area contributed by atoms with E-state index >= 15 is 0 Å². The van der Waals surface area contributed by atoms with E-state index in [2.05, 4.69) is 10.5 Å². The molecule has 6 nitrogen and oxygen atoms in total. The summed E-state index contributed by atoms with van der Waals surface area (Å²) in [5, 5.41) is 16.5.